The summed E-state index contributed by atoms with van der Waals surface area (Å²) in [6.45, 7) is 0.210. The molecule has 0 saturated heterocycles. The molecule has 25 heavy (non-hydrogen) atoms. The van der Waals surface area contributed by atoms with Crippen LogP contribution in [0.5, 0.6) is 11.5 Å². The molecule has 0 saturated carbocycles. The number of ether oxygens (including phenoxy) is 2. The van der Waals surface area contributed by atoms with E-state index in [0.717, 1.165) is 18.2 Å². The molecule has 2 N–H and O–H groups in total. The lowest BCUT2D eigenvalue weighted by atomic mass is 9.97. The molecule has 0 radical (unpaired) electrons. The molecule has 136 valence electrons. The fourth-order valence-corrected chi connectivity index (χ4v) is 2.65. The van der Waals surface area contributed by atoms with Crippen molar-refractivity contribution in [2.75, 3.05) is 13.2 Å². The highest BCUT2D eigenvalue weighted by atomic mass is 35.5. The quantitative estimate of drug-likeness (QED) is 0.757. The molecular weight excluding hydrogens is 362 g/mol. The van der Waals surface area contributed by atoms with Crippen LogP contribution in [0.25, 0.3) is 11.1 Å². The van der Waals surface area contributed by atoms with Crippen LogP contribution < -0.4 is 15.2 Å². The Bertz CT molecular complexity index is 780. The van der Waals surface area contributed by atoms with Gasteiger partial charge in [-0.05, 0) is 23.8 Å². The zero-order valence-corrected chi connectivity index (χ0v) is 12.9. The Balaban J connectivity index is 0.00000225. The van der Waals surface area contributed by atoms with Crippen LogP contribution in [-0.2, 0) is 6.18 Å². The van der Waals surface area contributed by atoms with Gasteiger partial charge in [0.25, 0.3) is 0 Å². The summed E-state index contributed by atoms with van der Waals surface area (Å²) < 4.78 is 64.9. The summed E-state index contributed by atoms with van der Waals surface area (Å²) in [7, 11) is 0. The number of benzene rings is 2. The topological polar surface area (TPSA) is 44.5 Å². The molecular formula is C17H16ClF4NO2. The van der Waals surface area contributed by atoms with E-state index in [1.165, 1.54) is 12.1 Å². The first-order chi connectivity index (χ1) is 11.3. The van der Waals surface area contributed by atoms with E-state index in [1.54, 1.807) is 0 Å². The monoisotopic (exact) mass is 377 g/mol. The molecule has 0 unspecified atom stereocenters. The first-order valence-corrected chi connectivity index (χ1v) is 7.37. The normalized spacial score (nSPS) is 16.3. The molecule has 2 aromatic carbocycles. The fourth-order valence-electron chi connectivity index (χ4n) is 2.48. The van der Waals surface area contributed by atoms with Crippen LogP contribution in [-0.4, -0.2) is 19.3 Å². The van der Waals surface area contributed by atoms with E-state index in [0.29, 0.717) is 0 Å². The minimum atomic E-state index is -4.66. The Morgan fingerprint density at radius 2 is 1.88 bits per heavy atom. The first kappa shape index (κ1) is 19.3. The van der Waals surface area contributed by atoms with E-state index in [9.17, 15) is 17.6 Å². The van der Waals surface area contributed by atoms with Crippen molar-refractivity contribution in [3.63, 3.8) is 0 Å². The summed E-state index contributed by atoms with van der Waals surface area (Å²) in [5.41, 5.74) is 4.23. The summed E-state index contributed by atoms with van der Waals surface area (Å²) in [5, 5.41) is -0.0756. The van der Waals surface area contributed by atoms with Gasteiger partial charge in [0.2, 0.25) is 0 Å². The molecule has 1 aliphatic rings. The van der Waals surface area contributed by atoms with Gasteiger partial charge in [0, 0.05) is 23.2 Å². The SMILES string of the molecule is C.NC[C@H]1COc2cc(F)cc(-c3ccc(Cl)cc3C(F)(F)F)c2O1. The van der Waals surface area contributed by atoms with E-state index in [-0.39, 0.29) is 48.2 Å². The Labute approximate surface area is 147 Å². The van der Waals surface area contributed by atoms with Gasteiger partial charge in [-0.2, -0.15) is 13.2 Å². The lowest BCUT2D eigenvalue weighted by Crippen LogP contribution is -2.36. The van der Waals surface area contributed by atoms with Crippen molar-refractivity contribution in [2.45, 2.75) is 19.7 Å². The molecule has 1 aliphatic heterocycles. The van der Waals surface area contributed by atoms with E-state index < -0.39 is 23.7 Å². The zero-order valence-electron chi connectivity index (χ0n) is 12.2. The number of halogens is 5. The molecule has 8 heteroatoms. The van der Waals surface area contributed by atoms with Crippen molar-refractivity contribution in [1.29, 1.82) is 0 Å². The molecule has 0 spiro atoms. The standard InChI is InChI=1S/C16H12ClF4NO2.CH4/c17-8-1-2-11(13(3-8)16(19,20)21)12-4-9(18)5-14-15(12)24-10(6-22)7-23-14;/h1-5,10H,6-7,22H2;1H4/t10-;/m0./s1. The van der Waals surface area contributed by atoms with Crippen LogP contribution >= 0.6 is 11.6 Å². The van der Waals surface area contributed by atoms with Gasteiger partial charge in [-0.25, -0.2) is 4.39 Å². The third-order valence-corrected chi connectivity index (χ3v) is 3.80. The summed E-state index contributed by atoms with van der Waals surface area (Å²) in [4.78, 5) is 0. The Hall–Kier alpha value is -1.99. The molecule has 0 aliphatic carbocycles. The third kappa shape index (κ3) is 3.82. The molecule has 0 aromatic heterocycles. The molecule has 0 bridgehead atoms. The second-order valence-corrected chi connectivity index (χ2v) is 5.69. The number of nitrogens with two attached hydrogens (primary N) is 1. The minimum absolute atomic E-state index is 0. The van der Waals surface area contributed by atoms with Crippen molar-refractivity contribution >= 4 is 11.6 Å². The maximum Gasteiger partial charge on any atom is 0.417 e. The van der Waals surface area contributed by atoms with Crippen molar-refractivity contribution < 1.29 is 27.0 Å². The van der Waals surface area contributed by atoms with Gasteiger partial charge in [-0.3, -0.25) is 0 Å². The molecule has 0 fully saturated rings. The van der Waals surface area contributed by atoms with Gasteiger partial charge in [-0.1, -0.05) is 25.1 Å². The number of hydrogen-bond acceptors (Lipinski definition) is 3. The predicted molar refractivity (Wildman–Crippen MR) is 87.5 cm³/mol. The lowest BCUT2D eigenvalue weighted by Gasteiger charge is -2.28. The second-order valence-electron chi connectivity index (χ2n) is 5.25. The summed E-state index contributed by atoms with van der Waals surface area (Å²) >= 11 is 5.68. The van der Waals surface area contributed by atoms with Crippen molar-refractivity contribution in [3.05, 3.63) is 46.7 Å². The molecule has 3 nitrogen and oxygen atoms in total. The van der Waals surface area contributed by atoms with Gasteiger partial charge < -0.3 is 15.2 Å². The van der Waals surface area contributed by atoms with Crippen LogP contribution in [0, 0.1) is 5.82 Å². The van der Waals surface area contributed by atoms with Gasteiger partial charge in [0.1, 0.15) is 18.5 Å². The number of rotatable bonds is 2. The highest BCUT2D eigenvalue weighted by Crippen LogP contribution is 2.46. The van der Waals surface area contributed by atoms with Crippen molar-refractivity contribution in [2.24, 2.45) is 5.73 Å². The summed E-state index contributed by atoms with van der Waals surface area (Å²) in [6.07, 6.45) is -5.19. The van der Waals surface area contributed by atoms with Crippen LogP contribution in [0.15, 0.2) is 30.3 Å². The van der Waals surface area contributed by atoms with Crippen LogP contribution in [0.4, 0.5) is 17.6 Å². The smallest absolute Gasteiger partial charge is 0.417 e. The second kappa shape index (κ2) is 7.09. The van der Waals surface area contributed by atoms with E-state index in [4.69, 9.17) is 26.8 Å². The third-order valence-electron chi connectivity index (χ3n) is 3.57. The average Bonchev–Trinajstić information content (AvgIpc) is 2.53. The Morgan fingerprint density at radius 1 is 1.16 bits per heavy atom. The minimum Gasteiger partial charge on any atom is -0.486 e. The summed E-state index contributed by atoms with van der Waals surface area (Å²) in [5.74, 6) is -0.662. The molecule has 0 amide bonds. The van der Waals surface area contributed by atoms with Gasteiger partial charge in [0.05, 0.1) is 5.56 Å². The lowest BCUT2D eigenvalue weighted by molar-refractivity contribution is -0.137. The van der Waals surface area contributed by atoms with E-state index in [1.807, 2.05) is 0 Å². The molecule has 1 atom stereocenters. The fraction of sp³-hybridized carbons (Fsp3) is 0.294. The van der Waals surface area contributed by atoms with Gasteiger partial charge >= 0.3 is 6.18 Å². The van der Waals surface area contributed by atoms with Gasteiger partial charge in [0.15, 0.2) is 11.5 Å². The van der Waals surface area contributed by atoms with Crippen molar-refractivity contribution in [1.82, 2.24) is 0 Å². The van der Waals surface area contributed by atoms with E-state index >= 15 is 0 Å². The maximum atomic E-state index is 13.9. The first-order valence-electron chi connectivity index (χ1n) is 7.00. The zero-order chi connectivity index (χ0) is 17.5. The molecule has 1 heterocycles. The van der Waals surface area contributed by atoms with E-state index in [2.05, 4.69) is 0 Å². The van der Waals surface area contributed by atoms with Crippen LogP contribution in [0.1, 0.15) is 13.0 Å². The number of fused-ring (bicyclic) bond motifs is 1. The predicted octanol–water partition coefficient (Wildman–Crippen LogP) is 4.90. The van der Waals surface area contributed by atoms with Crippen LogP contribution in [0.3, 0.4) is 0 Å². The Kier molecular flexibility index (Phi) is 5.49. The molecule has 3 rings (SSSR count). The number of alkyl halides is 3. The van der Waals surface area contributed by atoms with Crippen LogP contribution in [0.2, 0.25) is 5.02 Å². The maximum absolute atomic E-state index is 13.9. The summed E-state index contributed by atoms with van der Waals surface area (Å²) in [6, 6.07) is 5.30. The van der Waals surface area contributed by atoms with Gasteiger partial charge in [-0.15, -0.1) is 0 Å². The number of hydrogen-bond donors (Lipinski definition) is 1. The largest absolute Gasteiger partial charge is 0.486 e. The molecule has 2 aromatic rings. The van der Waals surface area contributed by atoms with Crippen molar-refractivity contribution in [3.8, 4) is 22.6 Å². The highest BCUT2D eigenvalue weighted by Gasteiger charge is 2.36. The highest BCUT2D eigenvalue weighted by molar-refractivity contribution is 6.30. The average molecular weight is 378 g/mol. The Morgan fingerprint density at radius 3 is 2.52 bits per heavy atom.